The number of esters is 1. The first-order valence-corrected chi connectivity index (χ1v) is 16.0. The summed E-state index contributed by atoms with van der Waals surface area (Å²) in [5.41, 5.74) is 5.37. The van der Waals surface area contributed by atoms with E-state index in [1.54, 1.807) is 32.9 Å². The summed E-state index contributed by atoms with van der Waals surface area (Å²) < 4.78 is 10.7. The van der Waals surface area contributed by atoms with Crippen molar-refractivity contribution in [3.8, 4) is 5.75 Å². The Labute approximate surface area is 263 Å². The number of nitrogens with one attached hydrogen (secondary N) is 2. The number of ketones is 1. The van der Waals surface area contributed by atoms with E-state index in [4.69, 9.17) is 15.2 Å². The highest BCUT2D eigenvalue weighted by Gasteiger charge is 2.30. The Hall–Kier alpha value is -3.43. The SMILES string of the molecule is CCCCCC(=O)NC(Cc1ccc(OCOC(=O)C(C)(C)C)cc1)C(=O)CC(C(=O)NCCCCCC(N)=O)C(C)CC. The van der Waals surface area contributed by atoms with E-state index in [9.17, 15) is 24.0 Å². The summed E-state index contributed by atoms with van der Waals surface area (Å²) in [4.78, 5) is 62.4. The molecule has 0 saturated heterocycles. The van der Waals surface area contributed by atoms with Crippen molar-refractivity contribution in [3.63, 3.8) is 0 Å². The van der Waals surface area contributed by atoms with Gasteiger partial charge in [0.25, 0.3) is 0 Å². The van der Waals surface area contributed by atoms with Gasteiger partial charge in [-0.2, -0.15) is 0 Å². The number of carbonyl (C=O) groups is 5. The van der Waals surface area contributed by atoms with Crippen molar-refractivity contribution in [3.05, 3.63) is 29.8 Å². The van der Waals surface area contributed by atoms with E-state index >= 15 is 0 Å². The van der Waals surface area contributed by atoms with Crippen molar-refractivity contribution in [2.24, 2.45) is 23.0 Å². The van der Waals surface area contributed by atoms with Gasteiger partial charge in [-0.05, 0) is 70.1 Å². The van der Waals surface area contributed by atoms with E-state index in [1.807, 2.05) is 26.0 Å². The lowest BCUT2D eigenvalue weighted by Gasteiger charge is -2.25. The van der Waals surface area contributed by atoms with Crippen LogP contribution in [0.3, 0.4) is 0 Å². The van der Waals surface area contributed by atoms with Gasteiger partial charge in [0.15, 0.2) is 5.78 Å². The van der Waals surface area contributed by atoms with Crippen molar-refractivity contribution in [2.45, 2.75) is 118 Å². The average Bonchev–Trinajstić information content (AvgIpc) is 2.96. The van der Waals surface area contributed by atoms with E-state index < -0.39 is 17.4 Å². The van der Waals surface area contributed by atoms with Gasteiger partial charge < -0.3 is 25.8 Å². The molecule has 4 N–H and O–H groups in total. The molecule has 3 amide bonds. The molecule has 10 heteroatoms. The summed E-state index contributed by atoms with van der Waals surface area (Å²) >= 11 is 0. The van der Waals surface area contributed by atoms with Crippen LogP contribution in [0.1, 0.15) is 111 Å². The summed E-state index contributed by atoms with van der Waals surface area (Å²) in [6, 6.07) is 6.29. The minimum atomic E-state index is -0.781. The van der Waals surface area contributed by atoms with Crippen molar-refractivity contribution < 1.29 is 33.4 Å². The minimum Gasteiger partial charge on any atom is -0.457 e. The first-order valence-electron chi connectivity index (χ1n) is 16.0. The molecule has 0 aliphatic carbocycles. The number of Topliss-reactive ketones (excluding diaryl/α,β-unsaturated/α-hetero) is 1. The van der Waals surface area contributed by atoms with Gasteiger partial charge in [0.1, 0.15) is 5.75 Å². The average molecular weight is 618 g/mol. The summed E-state index contributed by atoms with van der Waals surface area (Å²) in [6.07, 6.45) is 6.49. The zero-order chi connectivity index (χ0) is 33.1. The third-order valence-corrected chi connectivity index (χ3v) is 7.61. The van der Waals surface area contributed by atoms with Crippen molar-refractivity contribution in [1.82, 2.24) is 10.6 Å². The first kappa shape index (κ1) is 38.6. The molecule has 0 bridgehead atoms. The molecule has 0 aliphatic rings. The fourth-order valence-electron chi connectivity index (χ4n) is 4.51. The van der Waals surface area contributed by atoms with Crippen LogP contribution in [0.5, 0.6) is 5.75 Å². The van der Waals surface area contributed by atoms with Crippen molar-refractivity contribution in [2.75, 3.05) is 13.3 Å². The molecule has 0 fully saturated rings. The number of rotatable bonds is 22. The number of primary amides is 1. The Balaban J connectivity index is 2.92. The first-order chi connectivity index (χ1) is 20.8. The molecule has 44 heavy (non-hydrogen) atoms. The predicted octanol–water partition coefficient (Wildman–Crippen LogP) is 5.00. The lowest BCUT2D eigenvalue weighted by Crippen LogP contribution is -2.45. The van der Waals surface area contributed by atoms with Gasteiger partial charge >= 0.3 is 5.97 Å². The van der Waals surface area contributed by atoms with Gasteiger partial charge in [0.05, 0.1) is 11.5 Å². The van der Waals surface area contributed by atoms with Gasteiger partial charge in [0.2, 0.25) is 24.5 Å². The lowest BCUT2D eigenvalue weighted by molar-refractivity contribution is -0.159. The van der Waals surface area contributed by atoms with Crippen LogP contribution in [-0.2, 0) is 35.1 Å². The number of nitrogens with two attached hydrogens (primary N) is 1. The van der Waals surface area contributed by atoms with Crippen molar-refractivity contribution >= 4 is 29.5 Å². The summed E-state index contributed by atoms with van der Waals surface area (Å²) in [7, 11) is 0. The van der Waals surface area contributed by atoms with E-state index in [0.717, 1.165) is 44.1 Å². The Kier molecular flexibility index (Phi) is 18.0. The molecular weight excluding hydrogens is 562 g/mol. The van der Waals surface area contributed by atoms with Gasteiger partial charge in [0, 0.05) is 31.7 Å². The summed E-state index contributed by atoms with van der Waals surface area (Å²) in [5, 5.41) is 5.88. The summed E-state index contributed by atoms with van der Waals surface area (Å²) in [6.45, 7) is 11.5. The molecule has 0 spiro atoms. The molecular formula is C34H55N3O7. The zero-order valence-electron chi connectivity index (χ0n) is 27.7. The van der Waals surface area contributed by atoms with Gasteiger partial charge in [-0.3, -0.25) is 24.0 Å². The maximum atomic E-state index is 13.7. The fraction of sp³-hybridized carbons (Fsp3) is 0.676. The summed E-state index contributed by atoms with van der Waals surface area (Å²) in [5.74, 6) is -1.30. The van der Waals surface area contributed by atoms with Crippen LogP contribution in [0.2, 0.25) is 0 Å². The van der Waals surface area contributed by atoms with E-state index in [0.29, 0.717) is 31.6 Å². The van der Waals surface area contributed by atoms with Crippen LogP contribution in [0.25, 0.3) is 0 Å². The number of amides is 3. The topological polar surface area (TPSA) is 154 Å². The molecule has 0 aromatic heterocycles. The monoisotopic (exact) mass is 617 g/mol. The van der Waals surface area contributed by atoms with Gasteiger partial charge in [-0.25, -0.2) is 0 Å². The lowest BCUT2D eigenvalue weighted by atomic mass is 9.84. The highest BCUT2D eigenvalue weighted by Crippen LogP contribution is 2.22. The molecule has 3 unspecified atom stereocenters. The Morgan fingerprint density at radius 1 is 0.909 bits per heavy atom. The molecule has 1 aromatic carbocycles. The number of ether oxygens (including phenoxy) is 2. The van der Waals surface area contributed by atoms with Crippen LogP contribution < -0.4 is 21.1 Å². The largest absolute Gasteiger partial charge is 0.457 e. The molecule has 10 nitrogen and oxygen atoms in total. The van der Waals surface area contributed by atoms with Crippen LogP contribution in [0, 0.1) is 17.3 Å². The molecule has 0 saturated carbocycles. The molecule has 0 heterocycles. The smallest absolute Gasteiger partial charge is 0.314 e. The maximum absolute atomic E-state index is 13.7. The molecule has 3 atom stereocenters. The van der Waals surface area contributed by atoms with Crippen molar-refractivity contribution in [1.29, 1.82) is 0 Å². The molecule has 0 aliphatic heterocycles. The van der Waals surface area contributed by atoms with E-state index in [1.165, 1.54) is 0 Å². The minimum absolute atomic E-state index is 0.0166. The van der Waals surface area contributed by atoms with Crippen LogP contribution >= 0.6 is 0 Å². The zero-order valence-corrected chi connectivity index (χ0v) is 27.7. The van der Waals surface area contributed by atoms with Crippen LogP contribution in [-0.4, -0.2) is 48.9 Å². The van der Waals surface area contributed by atoms with Crippen LogP contribution in [0.15, 0.2) is 24.3 Å². The highest BCUT2D eigenvalue weighted by atomic mass is 16.7. The second-order valence-electron chi connectivity index (χ2n) is 12.6. The second-order valence-corrected chi connectivity index (χ2v) is 12.6. The third-order valence-electron chi connectivity index (χ3n) is 7.61. The number of carbonyl (C=O) groups excluding carboxylic acids is 5. The Morgan fingerprint density at radius 3 is 2.16 bits per heavy atom. The molecule has 0 radical (unpaired) electrons. The molecule has 1 rings (SSSR count). The van der Waals surface area contributed by atoms with Gasteiger partial charge in [-0.1, -0.05) is 58.6 Å². The fourth-order valence-corrected chi connectivity index (χ4v) is 4.51. The maximum Gasteiger partial charge on any atom is 0.314 e. The molecule has 1 aromatic rings. The quantitative estimate of drug-likeness (QED) is 0.0940. The number of hydrogen-bond acceptors (Lipinski definition) is 7. The van der Waals surface area contributed by atoms with Crippen LogP contribution in [0.4, 0.5) is 0 Å². The van der Waals surface area contributed by atoms with E-state index in [-0.39, 0.29) is 55.0 Å². The second kappa shape index (κ2) is 20.5. The third kappa shape index (κ3) is 15.9. The van der Waals surface area contributed by atoms with Gasteiger partial charge in [-0.15, -0.1) is 0 Å². The molecule has 248 valence electrons. The Bertz CT molecular complexity index is 1050. The highest BCUT2D eigenvalue weighted by molar-refractivity contribution is 5.92. The Morgan fingerprint density at radius 2 is 1.57 bits per heavy atom. The number of benzene rings is 1. The van der Waals surface area contributed by atoms with E-state index in [2.05, 4.69) is 17.6 Å². The number of hydrogen-bond donors (Lipinski definition) is 3. The number of unbranched alkanes of at least 4 members (excludes halogenated alkanes) is 4. The normalized spacial score (nSPS) is 13.3. The standard InChI is InChI=1S/C34H55N3O7/c1-7-9-11-15-31(40)37-28(21-25-16-18-26(19-17-25)43-23-44-33(42)34(4,5)6)29(38)22-27(24(3)8-2)32(41)36-20-13-10-12-14-30(35)39/h16-19,24,27-28H,7-15,20-23H2,1-6H3,(H2,35,39)(H,36,41)(H,37,40). The predicted molar refractivity (Wildman–Crippen MR) is 171 cm³/mol.